The van der Waals surface area contributed by atoms with Crippen molar-refractivity contribution in [1.82, 2.24) is 0 Å². The lowest BCUT2D eigenvalue weighted by Crippen LogP contribution is -2.55. The van der Waals surface area contributed by atoms with Gasteiger partial charge in [0.2, 0.25) is 0 Å². The quantitative estimate of drug-likeness (QED) is 0.138. The number of thioether (sulfide) groups is 1. The van der Waals surface area contributed by atoms with Gasteiger partial charge in [0.1, 0.15) is 18.3 Å². The summed E-state index contributed by atoms with van der Waals surface area (Å²) in [7, 11) is 0. The van der Waals surface area contributed by atoms with Gasteiger partial charge in [-0.05, 0) is 61.8 Å². The Bertz CT molecular complexity index is 1000. The van der Waals surface area contributed by atoms with Crippen LogP contribution in [0.5, 0.6) is 0 Å². The Balaban J connectivity index is 1.97. The summed E-state index contributed by atoms with van der Waals surface area (Å²) in [6.45, 7) is 14.5. The molecule has 0 unspecified atom stereocenters. The summed E-state index contributed by atoms with van der Waals surface area (Å²) >= 11 is 8.73. The smallest absolute Gasteiger partial charge is 0.112 e. The molecule has 42 heavy (non-hydrogen) atoms. The van der Waals surface area contributed by atoms with Gasteiger partial charge in [0.25, 0.3) is 0 Å². The van der Waals surface area contributed by atoms with E-state index < -0.39 is 0 Å². The Morgan fingerprint density at radius 3 is 1.88 bits per heavy atom. The molecule has 1 aliphatic heterocycles. The number of halogens is 1. The highest BCUT2D eigenvalue weighted by Gasteiger charge is 2.48. The Hall–Kier alpha value is -1.08. The lowest BCUT2D eigenvalue weighted by molar-refractivity contribution is -0.149. The van der Waals surface area contributed by atoms with E-state index in [1.165, 1.54) is 16.7 Å². The van der Waals surface area contributed by atoms with Crippen molar-refractivity contribution in [2.45, 2.75) is 121 Å². The fraction of sp³-hybridized carbons (Fsp3) is 0.667. The van der Waals surface area contributed by atoms with Crippen molar-refractivity contribution in [3.05, 3.63) is 69.7 Å². The summed E-state index contributed by atoms with van der Waals surface area (Å²) < 4.78 is 26.4. The predicted molar refractivity (Wildman–Crippen MR) is 179 cm³/mol. The van der Waals surface area contributed by atoms with Crippen molar-refractivity contribution >= 4 is 23.4 Å². The monoisotopic (exact) mass is 618 g/mol. The van der Waals surface area contributed by atoms with E-state index in [0.717, 1.165) is 88.2 Å². The summed E-state index contributed by atoms with van der Waals surface area (Å²) in [5.74, 6) is 0. The molecule has 1 heterocycles. The summed E-state index contributed by atoms with van der Waals surface area (Å²) in [5, 5.41) is 1.05. The maximum absolute atomic E-state index is 6.79. The second-order valence-corrected chi connectivity index (χ2v) is 13.4. The Morgan fingerprint density at radius 1 is 0.690 bits per heavy atom. The predicted octanol–water partition coefficient (Wildman–Crippen LogP) is 9.77. The minimum atomic E-state index is -0.160. The lowest BCUT2D eigenvalue weighted by Gasteiger charge is -2.46. The second kappa shape index (κ2) is 20.0. The fourth-order valence-corrected chi connectivity index (χ4v) is 7.08. The number of aryl methyl sites for hydroxylation is 1. The van der Waals surface area contributed by atoms with Crippen LogP contribution in [0.25, 0.3) is 0 Å². The van der Waals surface area contributed by atoms with E-state index >= 15 is 0 Å². The molecule has 0 aliphatic carbocycles. The van der Waals surface area contributed by atoms with Crippen LogP contribution in [0.4, 0.5) is 0 Å². The third-order valence-electron chi connectivity index (χ3n) is 7.90. The molecule has 0 saturated carbocycles. The lowest BCUT2D eigenvalue weighted by atomic mass is 9.94. The number of hydrogen-bond acceptors (Lipinski definition) is 5. The van der Waals surface area contributed by atoms with Crippen LogP contribution in [-0.4, -0.2) is 56.6 Å². The van der Waals surface area contributed by atoms with Crippen molar-refractivity contribution < 1.29 is 18.9 Å². The molecule has 1 aliphatic rings. The van der Waals surface area contributed by atoms with E-state index in [1.54, 1.807) is 0 Å². The Morgan fingerprint density at radius 2 is 1.26 bits per heavy atom. The van der Waals surface area contributed by atoms with E-state index in [0.29, 0.717) is 13.2 Å². The van der Waals surface area contributed by atoms with E-state index in [-0.39, 0.29) is 28.8 Å². The van der Waals surface area contributed by atoms with E-state index in [9.17, 15) is 0 Å². The molecule has 1 fully saturated rings. The molecule has 2 aromatic carbocycles. The molecule has 1 saturated heterocycles. The van der Waals surface area contributed by atoms with E-state index in [4.69, 9.17) is 30.5 Å². The first-order valence-electron chi connectivity index (χ1n) is 16.4. The van der Waals surface area contributed by atoms with Crippen molar-refractivity contribution in [1.29, 1.82) is 0 Å². The minimum absolute atomic E-state index is 0.0813. The van der Waals surface area contributed by atoms with Gasteiger partial charge < -0.3 is 18.9 Å². The third kappa shape index (κ3) is 11.1. The van der Waals surface area contributed by atoms with Gasteiger partial charge in [-0.1, -0.05) is 107 Å². The van der Waals surface area contributed by atoms with Crippen molar-refractivity contribution in [2.24, 2.45) is 0 Å². The van der Waals surface area contributed by atoms with Gasteiger partial charge in [0, 0.05) is 31.5 Å². The number of hydrogen-bond donors (Lipinski definition) is 0. The molecule has 0 spiro atoms. The summed E-state index contributed by atoms with van der Waals surface area (Å²) in [6, 6.07) is 15.3. The number of unbranched alkanes of at least 4 members (excludes halogenated alkanes) is 4. The van der Waals surface area contributed by atoms with Gasteiger partial charge >= 0.3 is 0 Å². The van der Waals surface area contributed by atoms with Gasteiger partial charge in [-0.25, -0.2) is 0 Å². The first kappa shape index (κ1) is 35.4. The number of ether oxygens (including phenoxy) is 4. The third-order valence-corrected chi connectivity index (χ3v) is 9.85. The van der Waals surface area contributed by atoms with E-state index in [1.807, 2.05) is 11.8 Å². The van der Waals surface area contributed by atoms with Crippen LogP contribution in [0.3, 0.4) is 0 Å². The Kier molecular flexibility index (Phi) is 16.9. The molecule has 0 amide bonds. The molecule has 0 aromatic heterocycles. The molecular weight excluding hydrogens is 564 g/mol. The fourth-order valence-electron chi connectivity index (χ4n) is 5.26. The normalized spacial score (nSPS) is 22.5. The second-order valence-electron chi connectivity index (χ2n) is 11.6. The van der Waals surface area contributed by atoms with Crippen LogP contribution in [0, 0.1) is 6.92 Å². The maximum atomic E-state index is 6.79. The van der Waals surface area contributed by atoms with Crippen LogP contribution >= 0.6 is 23.4 Å². The molecule has 6 heteroatoms. The van der Waals surface area contributed by atoms with Gasteiger partial charge in [-0.2, -0.15) is 0 Å². The molecule has 3 rings (SSSR count). The van der Waals surface area contributed by atoms with Crippen LogP contribution in [-0.2, 0) is 25.4 Å². The SMILES string of the molecule is CCCCOC[C@H]1S[C@@H](c2ccc(Cl)c(Cc3ccc(C)cc3)c2)[C@H](OCCCC)[C@@H](OCCCC)[C@@H]1OCCCC. The van der Waals surface area contributed by atoms with Crippen LogP contribution in [0.2, 0.25) is 5.02 Å². The minimum Gasteiger partial charge on any atom is -0.380 e. The average Bonchev–Trinajstić information content (AvgIpc) is 2.99. The maximum Gasteiger partial charge on any atom is 0.112 e. The molecule has 0 bridgehead atoms. The zero-order valence-electron chi connectivity index (χ0n) is 26.7. The zero-order chi connectivity index (χ0) is 30.2. The average molecular weight is 619 g/mol. The summed E-state index contributed by atoms with van der Waals surface area (Å²) in [5.41, 5.74) is 4.91. The summed E-state index contributed by atoms with van der Waals surface area (Å²) in [4.78, 5) is 0. The summed E-state index contributed by atoms with van der Waals surface area (Å²) in [6.07, 6.45) is 9.02. The molecule has 2 aromatic rings. The van der Waals surface area contributed by atoms with Crippen LogP contribution in [0.1, 0.15) is 107 Å². The van der Waals surface area contributed by atoms with Gasteiger partial charge in [0.05, 0.1) is 17.1 Å². The largest absolute Gasteiger partial charge is 0.380 e. The first-order chi connectivity index (χ1) is 20.5. The molecule has 0 radical (unpaired) electrons. The highest BCUT2D eigenvalue weighted by atomic mass is 35.5. The topological polar surface area (TPSA) is 36.9 Å². The first-order valence-corrected chi connectivity index (χ1v) is 17.8. The Labute approximate surface area is 265 Å². The highest BCUT2D eigenvalue weighted by molar-refractivity contribution is 8.00. The molecule has 4 nitrogen and oxygen atoms in total. The van der Waals surface area contributed by atoms with Crippen molar-refractivity contribution in [3.63, 3.8) is 0 Å². The van der Waals surface area contributed by atoms with Gasteiger partial charge in [-0.3, -0.25) is 0 Å². The van der Waals surface area contributed by atoms with Crippen molar-refractivity contribution in [2.75, 3.05) is 33.0 Å². The number of rotatable bonds is 20. The number of benzene rings is 2. The van der Waals surface area contributed by atoms with E-state index in [2.05, 4.69) is 77.1 Å². The van der Waals surface area contributed by atoms with Gasteiger partial charge in [0.15, 0.2) is 0 Å². The molecule has 0 N–H and O–H groups in total. The molecular formula is C36H55ClO4S. The van der Waals surface area contributed by atoms with Crippen LogP contribution in [0.15, 0.2) is 42.5 Å². The molecule has 5 atom stereocenters. The van der Waals surface area contributed by atoms with Gasteiger partial charge in [-0.15, -0.1) is 11.8 Å². The zero-order valence-corrected chi connectivity index (χ0v) is 28.3. The van der Waals surface area contributed by atoms with Crippen molar-refractivity contribution in [3.8, 4) is 0 Å². The van der Waals surface area contributed by atoms with Crippen LogP contribution < -0.4 is 0 Å². The highest BCUT2D eigenvalue weighted by Crippen LogP contribution is 2.47. The molecule has 236 valence electrons. The standard InChI is InChI=1S/C36H55ClO4S/c1-6-10-20-38-26-32-33(39-21-11-7-2)34(40-22-12-8-3)35(41-23-13-9-4)36(42-32)29-18-19-31(37)30(25-29)24-28-16-14-27(5)15-17-28/h14-19,25,32-36H,6-13,20-24,26H2,1-5H3/t32-,33-,34+,35-,36+/m1/s1.